The number of fused-ring (bicyclic) bond motifs is 1. The number of ether oxygens (including phenoxy) is 1. The van der Waals surface area contributed by atoms with Crippen LogP contribution >= 0.6 is 11.6 Å². The Morgan fingerprint density at radius 2 is 1.92 bits per heavy atom. The Labute approximate surface area is 231 Å². The van der Waals surface area contributed by atoms with Crippen molar-refractivity contribution in [3.05, 3.63) is 71.9 Å². The number of carbonyl (C=O) groups excluding carboxylic acids is 1. The third kappa shape index (κ3) is 5.62. The molecule has 2 N–H and O–H groups in total. The molecule has 3 heterocycles. The van der Waals surface area contributed by atoms with Crippen LogP contribution in [0.25, 0.3) is 33.6 Å². The maximum absolute atomic E-state index is 12.8. The van der Waals surface area contributed by atoms with Crippen molar-refractivity contribution in [3.63, 3.8) is 0 Å². The number of aromatic nitrogens is 1. The van der Waals surface area contributed by atoms with Gasteiger partial charge in [0, 0.05) is 66.4 Å². The second-order valence-electron chi connectivity index (χ2n) is 10.0. The zero-order chi connectivity index (χ0) is 27.4. The lowest BCUT2D eigenvalue weighted by Crippen LogP contribution is -2.46. The van der Waals surface area contributed by atoms with E-state index in [0.717, 1.165) is 29.8 Å². The Morgan fingerprint density at radius 1 is 1.18 bits per heavy atom. The summed E-state index contributed by atoms with van der Waals surface area (Å²) in [6, 6.07) is 18.7. The molecule has 1 saturated heterocycles. The quantitative estimate of drug-likeness (QED) is 0.309. The molecule has 1 aliphatic heterocycles. The molecule has 9 heteroatoms. The summed E-state index contributed by atoms with van der Waals surface area (Å²) in [7, 11) is 0. The number of nitriles is 1. The van der Waals surface area contributed by atoms with Crippen molar-refractivity contribution >= 4 is 28.6 Å². The molecule has 0 radical (unpaired) electrons. The number of hydrogen-bond acceptors (Lipinski definition) is 7. The van der Waals surface area contributed by atoms with Crippen LogP contribution in [0.3, 0.4) is 0 Å². The Kier molecular flexibility index (Phi) is 7.84. The summed E-state index contributed by atoms with van der Waals surface area (Å²) >= 11 is 5.97. The molecule has 1 amide bonds. The lowest BCUT2D eigenvalue weighted by atomic mass is 9.96. The van der Waals surface area contributed by atoms with Gasteiger partial charge in [0.05, 0.1) is 18.8 Å². The van der Waals surface area contributed by atoms with Crippen LogP contribution in [0.1, 0.15) is 22.8 Å². The first-order chi connectivity index (χ1) is 18.9. The standard InChI is InChI=1S/C30H29ClN4O4/c1-30(17-31,18-36)19-38-26-7-6-22(14-23(26)16-32)24-8-9-34-25-15-27(39-28(24)25)20-2-4-21(5-3-20)29(37)35-12-10-33-11-13-35/h2-9,14-15,33,36H,10-13,17-19H2,1H3. The monoisotopic (exact) mass is 544 g/mol. The molecule has 200 valence electrons. The maximum atomic E-state index is 12.8. The lowest BCUT2D eigenvalue weighted by molar-refractivity contribution is 0.0736. The molecule has 5 rings (SSSR count). The molecule has 39 heavy (non-hydrogen) atoms. The van der Waals surface area contributed by atoms with Gasteiger partial charge >= 0.3 is 0 Å². The van der Waals surface area contributed by atoms with Crippen molar-refractivity contribution in [2.24, 2.45) is 5.41 Å². The summed E-state index contributed by atoms with van der Waals surface area (Å²) < 4.78 is 12.1. The number of halogens is 1. The second-order valence-corrected chi connectivity index (χ2v) is 10.3. The predicted molar refractivity (Wildman–Crippen MR) is 150 cm³/mol. The number of aliphatic hydroxyl groups is 1. The predicted octanol–water partition coefficient (Wildman–Crippen LogP) is 4.70. The van der Waals surface area contributed by atoms with Crippen LogP contribution < -0.4 is 10.1 Å². The van der Waals surface area contributed by atoms with E-state index < -0.39 is 5.41 Å². The van der Waals surface area contributed by atoms with E-state index in [-0.39, 0.29) is 25.0 Å². The van der Waals surface area contributed by atoms with Gasteiger partial charge in [0.25, 0.3) is 5.91 Å². The van der Waals surface area contributed by atoms with Gasteiger partial charge in [0.15, 0.2) is 5.58 Å². The number of hydrogen-bond donors (Lipinski definition) is 2. The number of benzene rings is 2. The van der Waals surface area contributed by atoms with Crippen molar-refractivity contribution < 1.29 is 19.1 Å². The smallest absolute Gasteiger partial charge is 0.253 e. The summed E-state index contributed by atoms with van der Waals surface area (Å²) in [5, 5.41) is 22.6. The fraction of sp³-hybridized carbons (Fsp3) is 0.300. The van der Waals surface area contributed by atoms with Crippen molar-refractivity contribution in [1.29, 1.82) is 5.26 Å². The van der Waals surface area contributed by atoms with Gasteiger partial charge in [-0.05, 0) is 35.9 Å². The summed E-state index contributed by atoms with van der Waals surface area (Å²) in [4.78, 5) is 19.1. The fourth-order valence-corrected chi connectivity index (χ4v) is 4.59. The van der Waals surface area contributed by atoms with Crippen molar-refractivity contribution in [2.75, 3.05) is 45.3 Å². The Balaban J connectivity index is 1.40. The van der Waals surface area contributed by atoms with Gasteiger partial charge in [-0.15, -0.1) is 11.6 Å². The average Bonchev–Trinajstić information content (AvgIpc) is 3.44. The number of furan rings is 1. The average molecular weight is 545 g/mol. The van der Waals surface area contributed by atoms with Gasteiger partial charge in [0.1, 0.15) is 23.1 Å². The first-order valence-corrected chi connectivity index (χ1v) is 13.3. The molecule has 1 fully saturated rings. The molecule has 0 bridgehead atoms. The number of pyridine rings is 1. The highest BCUT2D eigenvalue weighted by Gasteiger charge is 2.24. The maximum Gasteiger partial charge on any atom is 0.253 e. The van der Waals surface area contributed by atoms with Gasteiger partial charge in [0.2, 0.25) is 0 Å². The van der Waals surface area contributed by atoms with Crippen molar-refractivity contribution in [1.82, 2.24) is 15.2 Å². The van der Waals surface area contributed by atoms with Gasteiger partial charge in [-0.2, -0.15) is 5.26 Å². The van der Waals surface area contributed by atoms with Crippen LogP contribution in [-0.2, 0) is 0 Å². The minimum atomic E-state index is -0.606. The van der Waals surface area contributed by atoms with Crippen molar-refractivity contribution in [3.8, 4) is 34.3 Å². The van der Waals surface area contributed by atoms with Gasteiger partial charge in [-0.25, -0.2) is 0 Å². The minimum Gasteiger partial charge on any atom is -0.491 e. The van der Waals surface area contributed by atoms with Crippen LogP contribution in [0.15, 0.2) is 65.2 Å². The molecule has 2 aromatic heterocycles. The molecule has 8 nitrogen and oxygen atoms in total. The van der Waals surface area contributed by atoms with E-state index in [1.807, 2.05) is 54.3 Å². The molecule has 0 spiro atoms. The summed E-state index contributed by atoms with van der Waals surface area (Å²) in [6.07, 6.45) is 1.70. The molecule has 0 aliphatic carbocycles. The lowest BCUT2D eigenvalue weighted by Gasteiger charge is -2.27. The number of rotatable bonds is 8. The zero-order valence-corrected chi connectivity index (χ0v) is 22.4. The molecule has 4 aromatic rings. The zero-order valence-electron chi connectivity index (χ0n) is 21.6. The van der Waals surface area contributed by atoms with E-state index in [9.17, 15) is 15.2 Å². The van der Waals surface area contributed by atoms with Gasteiger partial charge < -0.3 is 24.5 Å². The number of nitrogens with one attached hydrogen (secondary N) is 1. The molecule has 1 aliphatic rings. The van der Waals surface area contributed by atoms with Gasteiger partial charge in [-0.3, -0.25) is 9.78 Å². The Hall–Kier alpha value is -3.90. The number of nitrogens with zero attached hydrogens (tertiary/aromatic N) is 3. The number of carbonyl (C=O) groups is 1. The number of alkyl halides is 1. The van der Waals surface area contributed by atoms with Crippen LogP contribution in [-0.4, -0.2) is 66.2 Å². The van der Waals surface area contributed by atoms with Crippen molar-refractivity contribution in [2.45, 2.75) is 6.92 Å². The molecule has 1 atom stereocenters. The SMILES string of the molecule is CC(CO)(CCl)COc1ccc(-c2ccnc3cc(-c4ccc(C(=O)N5CCNCC5)cc4)oc23)cc1C#N. The third-order valence-electron chi connectivity index (χ3n) is 6.92. The summed E-state index contributed by atoms with van der Waals surface area (Å²) in [6.45, 7) is 4.90. The molecule has 0 saturated carbocycles. The highest BCUT2D eigenvalue weighted by atomic mass is 35.5. The summed E-state index contributed by atoms with van der Waals surface area (Å²) in [5.74, 6) is 1.32. The Bertz CT molecular complexity index is 1520. The van der Waals surface area contributed by atoms with E-state index >= 15 is 0 Å². The largest absolute Gasteiger partial charge is 0.491 e. The normalized spacial score (nSPS) is 15.1. The first kappa shape index (κ1) is 26.7. The highest BCUT2D eigenvalue weighted by molar-refractivity contribution is 6.18. The van der Waals surface area contributed by atoms with E-state index in [0.29, 0.717) is 46.8 Å². The van der Waals surface area contributed by atoms with Crippen LogP contribution in [0, 0.1) is 16.7 Å². The molecular weight excluding hydrogens is 516 g/mol. The van der Waals surface area contributed by atoms with E-state index in [1.165, 1.54) is 0 Å². The first-order valence-electron chi connectivity index (χ1n) is 12.8. The minimum absolute atomic E-state index is 0.0287. The van der Waals surface area contributed by atoms with Crippen LogP contribution in [0.5, 0.6) is 5.75 Å². The van der Waals surface area contributed by atoms with Crippen LogP contribution in [0.2, 0.25) is 0 Å². The number of aliphatic hydroxyl groups excluding tert-OH is 1. The molecule has 1 unspecified atom stereocenters. The highest BCUT2D eigenvalue weighted by Crippen LogP contribution is 2.35. The Morgan fingerprint density at radius 3 is 2.62 bits per heavy atom. The molecular formula is C30H29ClN4O4. The number of amides is 1. The van der Waals surface area contributed by atoms with Crippen LogP contribution in [0.4, 0.5) is 0 Å². The van der Waals surface area contributed by atoms with E-state index in [1.54, 1.807) is 18.3 Å². The third-order valence-corrected chi connectivity index (χ3v) is 7.57. The van der Waals surface area contributed by atoms with E-state index in [2.05, 4.69) is 16.4 Å². The number of piperazine rings is 1. The van der Waals surface area contributed by atoms with E-state index in [4.69, 9.17) is 20.8 Å². The topological polar surface area (TPSA) is 112 Å². The molecule has 2 aromatic carbocycles. The second kappa shape index (κ2) is 11.5. The van der Waals surface area contributed by atoms with Gasteiger partial charge in [-0.1, -0.05) is 25.1 Å². The summed E-state index contributed by atoms with van der Waals surface area (Å²) in [5.41, 5.74) is 4.10. The fourth-order valence-electron chi connectivity index (χ4n) is 4.42.